The molecule has 128 valence electrons. The maximum absolute atomic E-state index is 12.6. The zero-order valence-electron chi connectivity index (χ0n) is 14.5. The minimum absolute atomic E-state index is 0.00293. The largest absolute Gasteiger partial charge is 0.456 e. The molecule has 1 aliphatic heterocycles. The van der Waals surface area contributed by atoms with E-state index in [9.17, 15) is 14.9 Å². The zero-order valence-corrected chi connectivity index (χ0v) is 15.4. The molecule has 2 aromatic heterocycles. The number of fused-ring (bicyclic) bond motifs is 1. The van der Waals surface area contributed by atoms with Gasteiger partial charge in [0.1, 0.15) is 23.0 Å². The van der Waals surface area contributed by atoms with Crippen molar-refractivity contribution >= 4 is 39.5 Å². The average molecular weight is 354 g/mol. The highest BCUT2D eigenvalue weighted by molar-refractivity contribution is 7.19. The van der Waals surface area contributed by atoms with Gasteiger partial charge in [0, 0.05) is 23.1 Å². The van der Waals surface area contributed by atoms with Crippen LogP contribution in [0.4, 0.5) is 0 Å². The summed E-state index contributed by atoms with van der Waals surface area (Å²) in [6.07, 6.45) is 1.62. The average Bonchev–Trinajstić information content (AvgIpc) is 3.11. The minimum Gasteiger partial charge on any atom is -0.456 e. The number of carbonyl (C=O) groups excluding carboxylic acids is 2. The number of imide groups is 1. The summed E-state index contributed by atoms with van der Waals surface area (Å²) in [5.74, 6) is 0.0436. The SMILES string of the molecule is CCN1C(=O)C(C#N)=C(C)/C(=C/c2cc3sc(C(C)C)cc3o2)C1=O. The third-order valence-corrected chi connectivity index (χ3v) is 5.61. The van der Waals surface area contributed by atoms with Crippen molar-refractivity contribution < 1.29 is 14.0 Å². The van der Waals surface area contributed by atoms with Crippen molar-refractivity contribution in [2.75, 3.05) is 6.54 Å². The third kappa shape index (κ3) is 2.81. The molecule has 0 spiro atoms. The molecule has 0 aromatic carbocycles. The van der Waals surface area contributed by atoms with E-state index in [0.717, 1.165) is 15.2 Å². The smallest absolute Gasteiger partial charge is 0.271 e. The number of hydrogen-bond acceptors (Lipinski definition) is 5. The van der Waals surface area contributed by atoms with Crippen LogP contribution in [0, 0.1) is 11.3 Å². The Labute approximate surface area is 149 Å². The fourth-order valence-electron chi connectivity index (χ4n) is 2.79. The van der Waals surface area contributed by atoms with Crippen LogP contribution in [0.3, 0.4) is 0 Å². The summed E-state index contributed by atoms with van der Waals surface area (Å²) >= 11 is 1.66. The maximum atomic E-state index is 12.6. The highest BCUT2D eigenvalue weighted by Gasteiger charge is 2.34. The molecule has 2 aromatic rings. The summed E-state index contributed by atoms with van der Waals surface area (Å²) in [5.41, 5.74) is 1.51. The Morgan fingerprint density at radius 1 is 1.32 bits per heavy atom. The monoisotopic (exact) mass is 354 g/mol. The number of nitrogens with zero attached hydrogens (tertiary/aromatic N) is 2. The quantitative estimate of drug-likeness (QED) is 0.611. The van der Waals surface area contributed by atoms with Crippen LogP contribution in [-0.4, -0.2) is 23.3 Å². The molecule has 6 heteroatoms. The summed E-state index contributed by atoms with van der Waals surface area (Å²) in [7, 11) is 0. The van der Waals surface area contributed by atoms with Gasteiger partial charge in [-0.05, 0) is 37.5 Å². The van der Waals surface area contributed by atoms with E-state index < -0.39 is 11.8 Å². The summed E-state index contributed by atoms with van der Waals surface area (Å²) in [4.78, 5) is 27.1. The first kappa shape index (κ1) is 17.2. The molecule has 25 heavy (non-hydrogen) atoms. The lowest BCUT2D eigenvalue weighted by Crippen LogP contribution is -2.42. The molecule has 5 nitrogen and oxygen atoms in total. The van der Waals surface area contributed by atoms with Crippen LogP contribution in [0.15, 0.2) is 33.3 Å². The maximum Gasteiger partial charge on any atom is 0.271 e. The van der Waals surface area contributed by atoms with E-state index in [1.807, 2.05) is 18.2 Å². The van der Waals surface area contributed by atoms with Gasteiger partial charge in [-0.25, -0.2) is 0 Å². The second kappa shape index (κ2) is 6.34. The van der Waals surface area contributed by atoms with Gasteiger partial charge in [0.2, 0.25) is 0 Å². The first-order chi connectivity index (χ1) is 11.9. The fraction of sp³-hybridized carbons (Fsp3) is 0.316. The molecule has 0 bridgehead atoms. The van der Waals surface area contributed by atoms with Crippen molar-refractivity contribution in [3.05, 3.63) is 39.5 Å². The van der Waals surface area contributed by atoms with Crippen LogP contribution in [0.5, 0.6) is 0 Å². The molecule has 0 fully saturated rings. The molecule has 0 saturated carbocycles. The number of amides is 2. The summed E-state index contributed by atoms with van der Waals surface area (Å²) in [6, 6.07) is 5.81. The van der Waals surface area contributed by atoms with E-state index in [0.29, 0.717) is 22.8 Å². The van der Waals surface area contributed by atoms with E-state index in [2.05, 4.69) is 13.8 Å². The molecule has 0 atom stereocenters. The Morgan fingerprint density at radius 2 is 2.04 bits per heavy atom. The topological polar surface area (TPSA) is 74.3 Å². The Morgan fingerprint density at radius 3 is 2.60 bits per heavy atom. The number of rotatable bonds is 3. The number of nitriles is 1. The normalized spacial score (nSPS) is 17.3. The van der Waals surface area contributed by atoms with Crippen LogP contribution in [0.2, 0.25) is 0 Å². The lowest BCUT2D eigenvalue weighted by molar-refractivity contribution is -0.140. The predicted molar refractivity (Wildman–Crippen MR) is 96.9 cm³/mol. The Kier molecular flexibility index (Phi) is 4.36. The molecule has 0 unspecified atom stereocenters. The van der Waals surface area contributed by atoms with Crippen LogP contribution in [0.25, 0.3) is 16.4 Å². The molecule has 2 amide bonds. The van der Waals surface area contributed by atoms with Crippen molar-refractivity contribution in [1.29, 1.82) is 5.26 Å². The second-order valence-electron chi connectivity index (χ2n) is 6.21. The van der Waals surface area contributed by atoms with Crippen molar-refractivity contribution in [3.63, 3.8) is 0 Å². The molecular weight excluding hydrogens is 336 g/mol. The highest BCUT2D eigenvalue weighted by Crippen LogP contribution is 2.34. The Bertz CT molecular complexity index is 951. The number of furan rings is 1. The van der Waals surface area contributed by atoms with Crippen molar-refractivity contribution in [2.45, 2.75) is 33.6 Å². The first-order valence-electron chi connectivity index (χ1n) is 8.09. The van der Waals surface area contributed by atoms with Crippen molar-refractivity contribution in [1.82, 2.24) is 4.90 Å². The first-order valence-corrected chi connectivity index (χ1v) is 8.91. The van der Waals surface area contributed by atoms with Crippen LogP contribution >= 0.6 is 11.3 Å². The van der Waals surface area contributed by atoms with Gasteiger partial charge < -0.3 is 4.42 Å². The molecule has 0 N–H and O–H groups in total. The van der Waals surface area contributed by atoms with E-state index >= 15 is 0 Å². The van der Waals surface area contributed by atoms with E-state index in [1.54, 1.807) is 31.3 Å². The molecule has 3 rings (SSSR count). The zero-order chi connectivity index (χ0) is 18.3. The number of carbonyl (C=O) groups is 2. The van der Waals surface area contributed by atoms with Gasteiger partial charge in [-0.2, -0.15) is 5.26 Å². The van der Waals surface area contributed by atoms with Gasteiger partial charge in [0.25, 0.3) is 11.8 Å². The third-order valence-electron chi connectivity index (χ3n) is 4.24. The molecule has 0 aliphatic carbocycles. The summed E-state index contributed by atoms with van der Waals surface area (Å²) < 4.78 is 6.85. The summed E-state index contributed by atoms with van der Waals surface area (Å²) in [5, 5.41) is 9.26. The molecular formula is C19H18N2O3S. The van der Waals surface area contributed by atoms with Gasteiger partial charge in [-0.15, -0.1) is 11.3 Å². The lowest BCUT2D eigenvalue weighted by Gasteiger charge is -2.25. The predicted octanol–water partition coefficient (Wildman–Crippen LogP) is 4.23. The van der Waals surface area contributed by atoms with E-state index in [-0.39, 0.29) is 12.1 Å². The van der Waals surface area contributed by atoms with Gasteiger partial charge in [-0.3, -0.25) is 14.5 Å². The molecule has 0 saturated heterocycles. The number of hydrogen-bond donors (Lipinski definition) is 0. The van der Waals surface area contributed by atoms with Crippen molar-refractivity contribution in [2.24, 2.45) is 0 Å². The van der Waals surface area contributed by atoms with Crippen molar-refractivity contribution in [3.8, 4) is 6.07 Å². The highest BCUT2D eigenvalue weighted by atomic mass is 32.1. The standard InChI is InChI=1S/C19H18N2O3S/c1-5-21-18(22)13(11(4)14(9-20)19(21)23)6-12-7-17-15(24-12)8-16(25-17)10(2)3/h6-8,10H,5H2,1-4H3/b13-6-. The van der Waals surface area contributed by atoms with Crippen LogP contribution < -0.4 is 0 Å². The van der Waals surface area contributed by atoms with Gasteiger partial charge in [0.05, 0.1) is 4.70 Å². The van der Waals surface area contributed by atoms with E-state index in [4.69, 9.17) is 4.42 Å². The molecule has 1 aliphatic rings. The summed E-state index contributed by atoms with van der Waals surface area (Å²) in [6.45, 7) is 7.80. The molecule has 0 radical (unpaired) electrons. The minimum atomic E-state index is -0.536. The fourth-order valence-corrected chi connectivity index (χ4v) is 3.82. The van der Waals surface area contributed by atoms with Crippen LogP contribution in [-0.2, 0) is 9.59 Å². The lowest BCUT2D eigenvalue weighted by atomic mass is 9.95. The Hall–Kier alpha value is -2.65. The van der Waals surface area contributed by atoms with Crippen LogP contribution in [0.1, 0.15) is 44.3 Å². The van der Waals surface area contributed by atoms with Gasteiger partial charge in [-0.1, -0.05) is 13.8 Å². The van der Waals surface area contributed by atoms with Gasteiger partial charge >= 0.3 is 0 Å². The number of thiophene rings is 1. The molecule has 3 heterocycles. The number of likely N-dealkylation sites (N-methyl/N-ethyl adjacent to an activating group) is 1. The second-order valence-corrected chi connectivity index (χ2v) is 7.32. The Balaban J connectivity index is 2.08. The van der Waals surface area contributed by atoms with Gasteiger partial charge in [0.15, 0.2) is 0 Å². The van der Waals surface area contributed by atoms with E-state index in [1.165, 1.54) is 4.88 Å².